The lowest BCUT2D eigenvalue weighted by Crippen LogP contribution is -2.38. The molecule has 0 saturated carbocycles. The smallest absolute Gasteiger partial charge is 0.325 e. The molecule has 8 nitrogen and oxygen atoms in total. The fraction of sp³-hybridized carbons (Fsp3) is 0.258. The van der Waals surface area contributed by atoms with Crippen molar-refractivity contribution in [3.63, 3.8) is 0 Å². The maximum absolute atomic E-state index is 15.8. The average molecular weight is 560 g/mol. The van der Waals surface area contributed by atoms with Crippen LogP contribution in [0.15, 0.2) is 60.7 Å². The quantitative estimate of drug-likeness (QED) is 0.260. The molecule has 0 saturated heterocycles. The molecule has 1 aliphatic rings. The number of carboxylic acid groups (broad SMARTS) is 1. The molecule has 2 amide bonds. The van der Waals surface area contributed by atoms with Crippen molar-refractivity contribution in [2.24, 2.45) is 5.73 Å². The number of primary amides is 1. The van der Waals surface area contributed by atoms with E-state index in [2.05, 4.69) is 5.32 Å². The molecular formula is C31H31F2N5O3. The molecule has 2 heterocycles. The molecule has 0 fully saturated rings. The van der Waals surface area contributed by atoms with Crippen molar-refractivity contribution < 1.29 is 23.5 Å². The maximum Gasteiger partial charge on any atom is 0.325 e. The number of fused-ring (bicyclic) bond motifs is 1. The topological polar surface area (TPSA) is 113 Å². The van der Waals surface area contributed by atoms with Crippen molar-refractivity contribution in [3.05, 3.63) is 100 Å². The molecule has 1 aromatic heterocycles. The van der Waals surface area contributed by atoms with Crippen LogP contribution in [0.1, 0.15) is 47.8 Å². The van der Waals surface area contributed by atoms with Gasteiger partial charge in [-0.2, -0.15) is 5.10 Å². The van der Waals surface area contributed by atoms with Gasteiger partial charge in [0, 0.05) is 36.7 Å². The second-order valence-electron chi connectivity index (χ2n) is 9.99. The highest BCUT2D eigenvalue weighted by atomic mass is 19.1. The van der Waals surface area contributed by atoms with Gasteiger partial charge in [-0.25, -0.2) is 18.3 Å². The van der Waals surface area contributed by atoms with E-state index in [0.717, 1.165) is 28.9 Å². The first-order valence-corrected chi connectivity index (χ1v) is 13.5. The van der Waals surface area contributed by atoms with E-state index in [1.807, 2.05) is 43.0 Å². The van der Waals surface area contributed by atoms with Crippen molar-refractivity contribution in [1.29, 1.82) is 0 Å². The Bertz CT molecular complexity index is 1600. The number of para-hydroxylation sites is 1. The number of anilines is 1. The summed E-state index contributed by atoms with van der Waals surface area (Å²) < 4.78 is 32.7. The summed E-state index contributed by atoms with van der Waals surface area (Å²) in [5.41, 5.74) is 9.78. The first kappa shape index (κ1) is 28.0. The molecule has 0 aliphatic carbocycles. The number of nitrogens with zero attached hydrogens (tertiary/aromatic N) is 3. The molecule has 0 radical (unpaired) electrons. The summed E-state index contributed by atoms with van der Waals surface area (Å²) in [5.74, 6) is -2.64. The van der Waals surface area contributed by atoms with Crippen LogP contribution >= 0.6 is 0 Å². The van der Waals surface area contributed by atoms with Crippen LogP contribution in [0, 0.1) is 11.6 Å². The number of hydrogen-bond donors (Lipinski definition) is 3. The van der Waals surface area contributed by atoms with Crippen LogP contribution in [0.2, 0.25) is 0 Å². The van der Waals surface area contributed by atoms with Crippen molar-refractivity contribution in [2.45, 2.75) is 45.7 Å². The Kier molecular flexibility index (Phi) is 7.85. The van der Waals surface area contributed by atoms with Crippen LogP contribution in [-0.2, 0) is 30.6 Å². The van der Waals surface area contributed by atoms with E-state index in [-0.39, 0.29) is 17.8 Å². The fourth-order valence-electron chi connectivity index (χ4n) is 5.64. The zero-order valence-electron chi connectivity index (χ0n) is 22.8. The number of carbonyl (C=O) groups is 2. The van der Waals surface area contributed by atoms with Gasteiger partial charge in [-0.1, -0.05) is 62.4 Å². The number of halogens is 2. The van der Waals surface area contributed by atoms with Gasteiger partial charge in [-0.05, 0) is 35.6 Å². The van der Waals surface area contributed by atoms with Crippen LogP contribution in [0.25, 0.3) is 16.9 Å². The van der Waals surface area contributed by atoms with Crippen molar-refractivity contribution in [2.75, 3.05) is 11.9 Å². The minimum atomic E-state index is -1.01. The number of carbonyl (C=O) groups excluding carboxylic acids is 1. The Balaban J connectivity index is 1.73. The highest BCUT2D eigenvalue weighted by Gasteiger charge is 2.35. The molecule has 5 rings (SSSR count). The Morgan fingerprint density at radius 3 is 2.32 bits per heavy atom. The maximum atomic E-state index is 15.8. The summed E-state index contributed by atoms with van der Waals surface area (Å²) in [4.78, 5) is 25.6. The van der Waals surface area contributed by atoms with E-state index in [4.69, 9.17) is 10.8 Å². The molecule has 0 spiro atoms. The van der Waals surface area contributed by atoms with Crippen molar-refractivity contribution >= 4 is 17.7 Å². The zero-order chi connectivity index (χ0) is 29.3. The number of carboxylic acids is 1. The first-order chi connectivity index (χ1) is 19.7. The van der Waals surface area contributed by atoms with E-state index in [1.54, 1.807) is 28.9 Å². The molecular weight excluding hydrogens is 528 g/mol. The van der Waals surface area contributed by atoms with E-state index < -0.39 is 29.7 Å². The molecule has 1 unspecified atom stereocenters. The number of hydrogen-bond acceptors (Lipinski definition) is 4. The summed E-state index contributed by atoms with van der Waals surface area (Å²) in [7, 11) is 0. The molecule has 1 aliphatic heterocycles. The number of rotatable bonds is 8. The number of amides is 2. The van der Waals surface area contributed by atoms with Gasteiger partial charge < -0.3 is 16.2 Å². The van der Waals surface area contributed by atoms with Gasteiger partial charge in [0.1, 0.15) is 17.7 Å². The minimum absolute atomic E-state index is 0.0485. The molecule has 4 N–H and O–H groups in total. The molecule has 0 bridgehead atoms. The van der Waals surface area contributed by atoms with Gasteiger partial charge in [0.05, 0.1) is 22.8 Å². The fourth-order valence-corrected chi connectivity index (χ4v) is 5.64. The summed E-state index contributed by atoms with van der Waals surface area (Å²) in [6.07, 6.45) is 1.80. The molecule has 4 aromatic rings. The Hall–Kier alpha value is -4.57. The zero-order valence-corrected chi connectivity index (χ0v) is 22.8. The van der Waals surface area contributed by atoms with Crippen LogP contribution in [-0.4, -0.2) is 38.3 Å². The number of aliphatic carboxylic acids is 1. The normalized spacial score (nSPS) is 14.0. The van der Waals surface area contributed by atoms with E-state index >= 15 is 8.78 Å². The van der Waals surface area contributed by atoms with Crippen LogP contribution in [0.3, 0.4) is 0 Å². The van der Waals surface area contributed by atoms with Gasteiger partial charge in [0.25, 0.3) is 0 Å². The average Bonchev–Trinajstić information content (AvgIpc) is 3.32. The van der Waals surface area contributed by atoms with Crippen LogP contribution in [0.4, 0.5) is 19.3 Å². The third-order valence-electron chi connectivity index (χ3n) is 7.52. The van der Waals surface area contributed by atoms with Gasteiger partial charge in [-0.15, -0.1) is 0 Å². The lowest BCUT2D eigenvalue weighted by atomic mass is 9.96. The molecule has 41 heavy (non-hydrogen) atoms. The molecule has 10 heteroatoms. The lowest BCUT2D eigenvalue weighted by Gasteiger charge is -2.32. The van der Waals surface area contributed by atoms with Crippen molar-refractivity contribution in [1.82, 2.24) is 14.7 Å². The monoisotopic (exact) mass is 559 g/mol. The Morgan fingerprint density at radius 1 is 1.02 bits per heavy atom. The second-order valence-corrected chi connectivity index (χ2v) is 9.99. The number of nitrogens with one attached hydrogen (secondary N) is 1. The third-order valence-corrected chi connectivity index (χ3v) is 7.52. The first-order valence-electron chi connectivity index (χ1n) is 13.5. The van der Waals surface area contributed by atoms with Gasteiger partial charge in [0.15, 0.2) is 0 Å². The summed E-state index contributed by atoms with van der Waals surface area (Å²) in [5, 5.41) is 17.2. The summed E-state index contributed by atoms with van der Waals surface area (Å²) in [6, 6.07) is 14.8. The standard InChI is InChI=1S/C31H31F2N5O3/c1-3-18-11-8-12-19(4-2)27(18)38-29(21-15-24(33)26(16-23(21)32)35-31(34)41)22-17-37(14-13-25(22)36-38)28(30(39)40)20-9-6-5-7-10-20/h5-12,15-16,28H,3-4,13-14,17H2,1-2H3,(H,39,40)(H3,34,35,41). The number of nitrogens with two attached hydrogens (primary N) is 1. The minimum Gasteiger partial charge on any atom is -0.480 e. The Labute approximate surface area is 236 Å². The number of aryl methyl sites for hydroxylation is 2. The Morgan fingerprint density at radius 2 is 1.71 bits per heavy atom. The van der Waals surface area contributed by atoms with Gasteiger partial charge in [0.2, 0.25) is 0 Å². The molecule has 212 valence electrons. The van der Waals surface area contributed by atoms with E-state index in [0.29, 0.717) is 48.3 Å². The highest BCUT2D eigenvalue weighted by Crippen LogP contribution is 2.39. The van der Waals surface area contributed by atoms with E-state index in [9.17, 15) is 14.7 Å². The van der Waals surface area contributed by atoms with Crippen LogP contribution in [0.5, 0.6) is 0 Å². The van der Waals surface area contributed by atoms with Gasteiger partial charge >= 0.3 is 12.0 Å². The predicted octanol–water partition coefficient (Wildman–Crippen LogP) is 5.62. The van der Waals surface area contributed by atoms with Crippen LogP contribution < -0.4 is 11.1 Å². The molecule has 3 aromatic carbocycles. The second kappa shape index (κ2) is 11.5. The number of benzene rings is 3. The number of aromatic nitrogens is 2. The van der Waals surface area contributed by atoms with E-state index in [1.165, 1.54) is 0 Å². The largest absolute Gasteiger partial charge is 0.480 e. The third kappa shape index (κ3) is 5.30. The number of urea groups is 1. The lowest BCUT2D eigenvalue weighted by molar-refractivity contribution is -0.144. The summed E-state index contributed by atoms with van der Waals surface area (Å²) in [6.45, 7) is 4.62. The SMILES string of the molecule is CCc1cccc(CC)c1-n1nc2c(c1-c1cc(F)c(NC(N)=O)cc1F)CN(C(C(=O)O)c1ccccc1)CC2. The summed E-state index contributed by atoms with van der Waals surface area (Å²) >= 11 is 0. The highest BCUT2D eigenvalue weighted by molar-refractivity contribution is 5.88. The van der Waals surface area contributed by atoms with Crippen molar-refractivity contribution in [3.8, 4) is 16.9 Å². The molecule has 1 atom stereocenters. The predicted molar refractivity (Wildman–Crippen MR) is 152 cm³/mol. The van der Waals surface area contributed by atoms with Gasteiger partial charge in [-0.3, -0.25) is 9.69 Å².